The summed E-state index contributed by atoms with van der Waals surface area (Å²) in [5.41, 5.74) is -0.767. The molecular weight excluding hydrogens is 528 g/mol. The Bertz CT molecular complexity index is 1010. The lowest BCUT2D eigenvalue weighted by Crippen LogP contribution is -2.58. The van der Waals surface area contributed by atoms with Crippen LogP contribution in [0.25, 0.3) is 0 Å². The van der Waals surface area contributed by atoms with E-state index in [1.807, 2.05) is 0 Å². The number of hydrogen-bond donors (Lipinski definition) is 1. The van der Waals surface area contributed by atoms with Gasteiger partial charge in [-0.3, -0.25) is 14.4 Å². The molecule has 34 heavy (non-hydrogen) atoms. The van der Waals surface area contributed by atoms with Crippen molar-refractivity contribution in [1.29, 1.82) is 0 Å². The van der Waals surface area contributed by atoms with Crippen molar-refractivity contribution in [3.63, 3.8) is 0 Å². The molecule has 1 N–H and O–H groups in total. The first kappa shape index (κ1) is 25.2. The molecule has 3 fully saturated rings. The molecular formula is C24H28BrClN2O6. The predicted molar refractivity (Wildman–Crippen MR) is 130 cm³/mol. The number of rotatable bonds is 8. The zero-order valence-corrected chi connectivity index (χ0v) is 21.4. The quantitative estimate of drug-likeness (QED) is 0.301. The smallest absolute Gasteiger partial charge is 0.312 e. The third-order valence-electron chi connectivity index (χ3n) is 6.98. The first-order valence-electron chi connectivity index (χ1n) is 11.3. The van der Waals surface area contributed by atoms with E-state index in [0.717, 1.165) is 0 Å². The molecule has 2 amide bonds. The Morgan fingerprint density at radius 1 is 1.47 bits per heavy atom. The second kappa shape index (κ2) is 9.60. The zero-order valence-electron chi connectivity index (χ0n) is 19.0. The maximum absolute atomic E-state index is 14.2. The Balaban J connectivity index is 1.83. The van der Waals surface area contributed by atoms with Crippen molar-refractivity contribution in [3.05, 3.63) is 41.9 Å². The molecule has 10 heteroatoms. The van der Waals surface area contributed by atoms with Crippen molar-refractivity contribution in [1.82, 2.24) is 4.90 Å². The fraction of sp³-hybridized carbons (Fsp3) is 0.542. The van der Waals surface area contributed by atoms with Crippen LogP contribution in [0.4, 0.5) is 5.69 Å². The Kier molecular flexibility index (Phi) is 7.11. The molecule has 3 aliphatic heterocycles. The molecule has 1 aromatic carbocycles. The number of halogens is 2. The van der Waals surface area contributed by atoms with Crippen LogP contribution in [0.3, 0.4) is 0 Å². The number of likely N-dealkylation sites (tertiary alicyclic amines) is 1. The molecule has 0 aliphatic carbocycles. The number of fused-ring (bicyclic) bond motifs is 1. The van der Waals surface area contributed by atoms with Gasteiger partial charge in [-0.05, 0) is 32.4 Å². The number of amides is 2. The highest BCUT2D eigenvalue weighted by atomic mass is 79.9. The third-order valence-corrected chi connectivity index (χ3v) is 8.14. The fourth-order valence-corrected chi connectivity index (χ4v) is 6.85. The van der Waals surface area contributed by atoms with Gasteiger partial charge in [-0.2, -0.15) is 0 Å². The second-order valence-corrected chi connectivity index (χ2v) is 10.5. The lowest BCUT2D eigenvalue weighted by atomic mass is 9.70. The molecule has 1 spiro atoms. The zero-order chi connectivity index (χ0) is 24.8. The maximum atomic E-state index is 14.2. The fourth-order valence-electron chi connectivity index (χ4n) is 5.67. The molecule has 3 aliphatic rings. The van der Waals surface area contributed by atoms with Crippen molar-refractivity contribution in [3.8, 4) is 0 Å². The number of para-hydroxylation sites is 1. The molecule has 3 unspecified atom stereocenters. The normalized spacial score (nSPS) is 32.4. The number of alkyl halides is 1. The summed E-state index contributed by atoms with van der Waals surface area (Å²) in [7, 11) is 0. The van der Waals surface area contributed by atoms with E-state index in [1.165, 1.54) is 9.80 Å². The van der Waals surface area contributed by atoms with Gasteiger partial charge in [0, 0.05) is 11.4 Å². The Morgan fingerprint density at radius 2 is 2.18 bits per heavy atom. The number of aliphatic hydroxyl groups is 1. The Morgan fingerprint density at radius 3 is 2.79 bits per heavy atom. The van der Waals surface area contributed by atoms with Gasteiger partial charge in [0.05, 0.1) is 47.9 Å². The molecule has 4 rings (SSSR count). The minimum Gasteiger partial charge on any atom is -0.466 e. The third kappa shape index (κ3) is 3.68. The second-order valence-electron chi connectivity index (χ2n) is 8.88. The van der Waals surface area contributed by atoms with Crippen molar-refractivity contribution in [2.24, 2.45) is 11.8 Å². The summed E-state index contributed by atoms with van der Waals surface area (Å²) in [5, 5.41) is 10.3. The number of esters is 1. The van der Waals surface area contributed by atoms with Crippen LogP contribution < -0.4 is 4.90 Å². The minimum absolute atomic E-state index is 0.151. The summed E-state index contributed by atoms with van der Waals surface area (Å²) in [6, 6.07) is 5.19. The van der Waals surface area contributed by atoms with Crippen molar-refractivity contribution in [2.75, 3.05) is 24.7 Å². The van der Waals surface area contributed by atoms with E-state index in [4.69, 9.17) is 21.1 Å². The highest BCUT2D eigenvalue weighted by Crippen LogP contribution is 2.60. The largest absolute Gasteiger partial charge is 0.466 e. The summed E-state index contributed by atoms with van der Waals surface area (Å²) in [5.74, 6) is -3.04. The van der Waals surface area contributed by atoms with Gasteiger partial charge < -0.3 is 24.4 Å². The molecule has 1 aromatic rings. The molecule has 0 aromatic heterocycles. The van der Waals surface area contributed by atoms with Crippen LogP contribution in [0, 0.1) is 11.8 Å². The van der Waals surface area contributed by atoms with E-state index < -0.39 is 53.4 Å². The van der Waals surface area contributed by atoms with Gasteiger partial charge in [0.1, 0.15) is 11.6 Å². The number of carbonyl (C=O) groups excluding carboxylic acids is 3. The van der Waals surface area contributed by atoms with E-state index in [0.29, 0.717) is 17.1 Å². The number of benzene rings is 1. The number of carbonyl (C=O) groups is 3. The van der Waals surface area contributed by atoms with E-state index >= 15 is 0 Å². The summed E-state index contributed by atoms with van der Waals surface area (Å²) in [6.07, 6.45) is 1.34. The van der Waals surface area contributed by atoms with Gasteiger partial charge in [0.25, 0.3) is 5.91 Å². The Labute approximate surface area is 211 Å². The van der Waals surface area contributed by atoms with Crippen molar-refractivity contribution < 1.29 is 29.0 Å². The number of hydrogen-bond acceptors (Lipinski definition) is 6. The first-order valence-corrected chi connectivity index (χ1v) is 12.6. The van der Waals surface area contributed by atoms with E-state index in [2.05, 4.69) is 22.5 Å². The van der Waals surface area contributed by atoms with E-state index in [9.17, 15) is 19.5 Å². The van der Waals surface area contributed by atoms with Gasteiger partial charge in [-0.15, -0.1) is 6.58 Å². The SMILES string of the molecule is C=CCN(C(=O)C1N([C@H](C)CO)C(=O)[C@@H]2[C@@H](C(=O)OCC)[C@@H]3OC12CC3Br)c1ccccc1Cl. The summed E-state index contributed by atoms with van der Waals surface area (Å²) >= 11 is 10.0. The molecule has 0 radical (unpaired) electrons. The van der Waals surface area contributed by atoms with Crippen LogP contribution in [-0.4, -0.2) is 76.2 Å². The van der Waals surface area contributed by atoms with E-state index in [1.54, 1.807) is 44.2 Å². The molecule has 8 nitrogen and oxygen atoms in total. The highest BCUT2D eigenvalue weighted by Gasteiger charge is 2.77. The molecule has 2 bridgehead atoms. The number of aliphatic hydroxyl groups excluding tert-OH is 1. The van der Waals surface area contributed by atoms with Crippen LogP contribution in [0.1, 0.15) is 20.3 Å². The summed E-state index contributed by atoms with van der Waals surface area (Å²) in [6.45, 7) is 7.11. The maximum Gasteiger partial charge on any atom is 0.312 e. The minimum atomic E-state index is -1.24. The Hall–Kier alpha value is -1.94. The van der Waals surface area contributed by atoms with Crippen molar-refractivity contribution in [2.45, 2.75) is 48.9 Å². The first-order chi connectivity index (χ1) is 16.2. The lowest BCUT2D eigenvalue weighted by Gasteiger charge is -2.38. The standard InChI is InChI=1S/C24H28BrClN2O6/c1-4-10-27(16-9-7-6-8-15(16)26)22(31)20-24-11-14(25)19(34-24)17(23(32)33-5-2)18(24)21(30)28(20)13(3)12-29/h4,6-9,13-14,17-20,29H,1,5,10-12H2,2-3H3/t13-,14?,17-,18+,19-,20?,24?/m1/s1. The molecule has 184 valence electrons. The van der Waals surface area contributed by atoms with Crippen LogP contribution >= 0.6 is 27.5 Å². The van der Waals surface area contributed by atoms with Crippen LogP contribution in [0.5, 0.6) is 0 Å². The summed E-state index contributed by atoms with van der Waals surface area (Å²) in [4.78, 5) is 43.6. The van der Waals surface area contributed by atoms with Gasteiger partial charge >= 0.3 is 5.97 Å². The molecule has 7 atom stereocenters. The van der Waals surface area contributed by atoms with Crippen LogP contribution in [0.15, 0.2) is 36.9 Å². The molecule has 0 saturated carbocycles. The van der Waals surface area contributed by atoms with Crippen LogP contribution in [-0.2, 0) is 23.9 Å². The molecule has 3 heterocycles. The molecule has 3 saturated heterocycles. The highest BCUT2D eigenvalue weighted by molar-refractivity contribution is 9.09. The van der Waals surface area contributed by atoms with Gasteiger partial charge in [0.15, 0.2) is 0 Å². The van der Waals surface area contributed by atoms with E-state index in [-0.39, 0.29) is 24.6 Å². The number of nitrogens with zero attached hydrogens (tertiary/aromatic N) is 2. The number of anilines is 1. The van der Waals surface area contributed by atoms with Gasteiger partial charge in [-0.25, -0.2) is 0 Å². The predicted octanol–water partition coefficient (Wildman–Crippen LogP) is 2.55. The number of ether oxygens (including phenoxy) is 2. The van der Waals surface area contributed by atoms with Gasteiger partial charge in [-0.1, -0.05) is 45.7 Å². The lowest BCUT2D eigenvalue weighted by molar-refractivity contribution is -0.155. The summed E-state index contributed by atoms with van der Waals surface area (Å²) < 4.78 is 11.7. The average molecular weight is 556 g/mol. The average Bonchev–Trinajstić information content (AvgIpc) is 3.40. The van der Waals surface area contributed by atoms with Gasteiger partial charge in [0.2, 0.25) is 5.91 Å². The topological polar surface area (TPSA) is 96.4 Å². The van der Waals surface area contributed by atoms with Crippen LogP contribution in [0.2, 0.25) is 5.02 Å². The van der Waals surface area contributed by atoms with Crippen molar-refractivity contribution >= 4 is 51.0 Å². The monoisotopic (exact) mass is 554 g/mol.